The summed E-state index contributed by atoms with van der Waals surface area (Å²) >= 11 is 0. The van der Waals surface area contributed by atoms with Crippen LogP contribution < -0.4 is 0 Å². The maximum Gasteiger partial charge on any atom is 0.334 e. The van der Waals surface area contributed by atoms with Crippen LogP contribution in [0.15, 0.2) is 11.1 Å². The molecule has 0 fully saturated rings. The first kappa shape index (κ1) is 16.7. The van der Waals surface area contributed by atoms with E-state index >= 15 is 0 Å². The van der Waals surface area contributed by atoms with E-state index in [0.29, 0.717) is 18.8 Å². The zero-order chi connectivity index (χ0) is 14.3. The average molecular weight is 256 g/mol. The highest BCUT2D eigenvalue weighted by Crippen LogP contribution is 2.26. The summed E-state index contributed by atoms with van der Waals surface area (Å²) in [6.07, 6.45) is 0. The number of allylic oxidation sites excluding steroid dienone is 1. The molecule has 0 amide bonds. The van der Waals surface area contributed by atoms with Crippen molar-refractivity contribution in [2.75, 3.05) is 13.2 Å². The number of hydrogen-bond acceptors (Lipinski definition) is 4. The van der Waals surface area contributed by atoms with Crippen LogP contribution in [0.4, 0.5) is 0 Å². The molecular formula is C14H24O4. The third-order valence-electron chi connectivity index (χ3n) is 2.55. The topological polar surface area (TPSA) is 52.6 Å². The normalized spacial score (nSPS) is 11.9. The van der Waals surface area contributed by atoms with E-state index in [9.17, 15) is 9.59 Å². The standard InChI is InChI=1S/C14H24O4/c1-7-17-13(15)11(9(3)4)12(10(5)6)14(16)18-8-2/h9,11H,7-8H2,1-6H3. The van der Waals surface area contributed by atoms with Crippen LogP contribution in [-0.4, -0.2) is 25.2 Å². The van der Waals surface area contributed by atoms with Crippen molar-refractivity contribution in [3.63, 3.8) is 0 Å². The molecule has 0 bridgehead atoms. The lowest BCUT2D eigenvalue weighted by atomic mass is 9.85. The van der Waals surface area contributed by atoms with Crippen molar-refractivity contribution in [1.82, 2.24) is 0 Å². The fourth-order valence-corrected chi connectivity index (χ4v) is 1.81. The second-order valence-electron chi connectivity index (χ2n) is 4.61. The van der Waals surface area contributed by atoms with Gasteiger partial charge in [0.25, 0.3) is 0 Å². The van der Waals surface area contributed by atoms with Crippen LogP contribution in [0.25, 0.3) is 0 Å². The quantitative estimate of drug-likeness (QED) is 0.541. The molecule has 1 unspecified atom stereocenters. The molecule has 0 aliphatic rings. The Bertz CT molecular complexity index is 325. The van der Waals surface area contributed by atoms with E-state index in [4.69, 9.17) is 9.47 Å². The highest BCUT2D eigenvalue weighted by atomic mass is 16.5. The smallest absolute Gasteiger partial charge is 0.334 e. The molecule has 0 aromatic carbocycles. The Kier molecular flexibility index (Phi) is 7.32. The maximum atomic E-state index is 12.0. The van der Waals surface area contributed by atoms with Gasteiger partial charge in [-0.25, -0.2) is 4.79 Å². The number of hydrogen-bond donors (Lipinski definition) is 0. The summed E-state index contributed by atoms with van der Waals surface area (Å²) in [4.78, 5) is 23.9. The molecule has 18 heavy (non-hydrogen) atoms. The second kappa shape index (κ2) is 7.90. The molecule has 0 saturated heterocycles. The fourth-order valence-electron chi connectivity index (χ4n) is 1.81. The van der Waals surface area contributed by atoms with Gasteiger partial charge in [-0.1, -0.05) is 19.4 Å². The van der Waals surface area contributed by atoms with Crippen molar-refractivity contribution >= 4 is 11.9 Å². The van der Waals surface area contributed by atoms with Crippen LogP contribution in [-0.2, 0) is 19.1 Å². The number of ether oxygens (including phenoxy) is 2. The molecule has 104 valence electrons. The Morgan fingerprint density at radius 2 is 1.50 bits per heavy atom. The second-order valence-corrected chi connectivity index (χ2v) is 4.61. The molecule has 0 heterocycles. The van der Waals surface area contributed by atoms with Gasteiger partial charge in [-0.15, -0.1) is 0 Å². The lowest BCUT2D eigenvalue weighted by Crippen LogP contribution is -2.30. The number of carbonyl (C=O) groups excluding carboxylic acids is 2. The number of rotatable bonds is 6. The van der Waals surface area contributed by atoms with Crippen LogP contribution in [0.2, 0.25) is 0 Å². The van der Waals surface area contributed by atoms with E-state index in [1.54, 1.807) is 27.7 Å². The summed E-state index contributed by atoms with van der Waals surface area (Å²) in [5.41, 5.74) is 1.21. The van der Waals surface area contributed by atoms with Gasteiger partial charge in [0, 0.05) is 0 Å². The molecule has 0 spiro atoms. The van der Waals surface area contributed by atoms with Crippen LogP contribution in [0, 0.1) is 11.8 Å². The van der Waals surface area contributed by atoms with E-state index < -0.39 is 11.9 Å². The van der Waals surface area contributed by atoms with Gasteiger partial charge in [-0.3, -0.25) is 4.79 Å². The molecule has 0 rings (SSSR count). The van der Waals surface area contributed by atoms with Gasteiger partial charge in [0.2, 0.25) is 0 Å². The summed E-state index contributed by atoms with van der Waals surface area (Å²) in [6, 6.07) is 0. The Labute approximate surface area is 109 Å². The minimum atomic E-state index is -0.561. The van der Waals surface area contributed by atoms with E-state index in [0.717, 1.165) is 5.57 Å². The zero-order valence-corrected chi connectivity index (χ0v) is 12.2. The van der Waals surface area contributed by atoms with Gasteiger partial charge >= 0.3 is 11.9 Å². The molecule has 0 aromatic heterocycles. The van der Waals surface area contributed by atoms with E-state index in [1.807, 2.05) is 13.8 Å². The predicted molar refractivity (Wildman–Crippen MR) is 70.0 cm³/mol. The van der Waals surface area contributed by atoms with Crippen LogP contribution in [0.3, 0.4) is 0 Å². The van der Waals surface area contributed by atoms with E-state index in [-0.39, 0.29) is 11.9 Å². The molecule has 1 atom stereocenters. The molecule has 0 N–H and O–H groups in total. The highest BCUT2D eigenvalue weighted by molar-refractivity contribution is 5.96. The molecule has 4 nitrogen and oxygen atoms in total. The van der Waals surface area contributed by atoms with Crippen LogP contribution in [0.1, 0.15) is 41.5 Å². The molecule has 0 aromatic rings. The summed E-state index contributed by atoms with van der Waals surface area (Å²) in [5, 5.41) is 0. The van der Waals surface area contributed by atoms with Crippen molar-refractivity contribution in [1.29, 1.82) is 0 Å². The minimum Gasteiger partial charge on any atom is -0.466 e. The van der Waals surface area contributed by atoms with Gasteiger partial charge in [0.05, 0.1) is 24.7 Å². The molecular weight excluding hydrogens is 232 g/mol. The molecule has 0 radical (unpaired) electrons. The SMILES string of the molecule is CCOC(=O)C(=C(C)C)C(C(=O)OCC)C(C)C. The first-order chi connectivity index (χ1) is 8.36. The molecule has 0 aliphatic heterocycles. The third-order valence-corrected chi connectivity index (χ3v) is 2.55. The van der Waals surface area contributed by atoms with E-state index in [2.05, 4.69) is 0 Å². The summed E-state index contributed by atoms with van der Waals surface area (Å²) in [6.45, 7) is 11.5. The van der Waals surface area contributed by atoms with Gasteiger partial charge < -0.3 is 9.47 Å². The minimum absolute atomic E-state index is 0.0154. The Morgan fingerprint density at radius 1 is 1.00 bits per heavy atom. The van der Waals surface area contributed by atoms with Crippen molar-refractivity contribution in [2.45, 2.75) is 41.5 Å². The molecule has 0 aliphatic carbocycles. The fraction of sp³-hybridized carbons (Fsp3) is 0.714. The molecule has 4 heteroatoms. The van der Waals surface area contributed by atoms with Gasteiger partial charge in [0.15, 0.2) is 0 Å². The van der Waals surface area contributed by atoms with Crippen molar-refractivity contribution < 1.29 is 19.1 Å². The van der Waals surface area contributed by atoms with Gasteiger partial charge in [-0.2, -0.15) is 0 Å². The third kappa shape index (κ3) is 4.51. The van der Waals surface area contributed by atoms with Gasteiger partial charge in [0.1, 0.15) is 0 Å². The number of carbonyl (C=O) groups is 2. The summed E-state index contributed by atoms with van der Waals surface area (Å²) in [7, 11) is 0. The maximum absolute atomic E-state index is 12.0. The monoisotopic (exact) mass is 256 g/mol. The Morgan fingerprint density at radius 3 is 1.83 bits per heavy atom. The van der Waals surface area contributed by atoms with Crippen LogP contribution in [0.5, 0.6) is 0 Å². The van der Waals surface area contributed by atoms with E-state index in [1.165, 1.54) is 0 Å². The number of esters is 2. The van der Waals surface area contributed by atoms with Gasteiger partial charge in [-0.05, 0) is 33.6 Å². The highest BCUT2D eigenvalue weighted by Gasteiger charge is 2.33. The van der Waals surface area contributed by atoms with Crippen molar-refractivity contribution in [3.8, 4) is 0 Å². The van der Waals surface area contributed by atoms with Crippen molar-refractivity contribution in [2.24, 2.45) is 11.8 Å². The van der Waals surface area contributed by atoms with Crippen molar-refractivity contribution in [3.05, 3.63) is 11.1 Å². The lowest BCUT2D eigenvalue weighted by Gasteiger charge is -2.22. The Hall–Kier alpha value is -1.32. The molecule has 0 saturated carbocycles. The first-order valence-corrected chi connectivity index (χ1v) is 6.37. The largest absolute Gasteiger partial charge is 0.466 e. The first-order valence-electron chi connectivity index (χ1n) is 6.37. The predicted octanol–water partition coefficient (Wildman–Crippen LogP) is 2.72. The zero-order valence-electron chi connectivity index (χ0n) is 12.2. The average Bonchev–Trinajstić information content (AvgIpc) is 2.24. The summed E-state index contributed by atoms with van der Waals surface area (Å²) in [5.74, 6) is -1.37. The lowest BCUT2D eigenvalue weighted by molar-refractivity contribution is -0.151. The Balaban J connectivity index is 5.34. The summed E-state index contributed by atoms with van der Waals surface area (Å²) < 4.78 is 10.1. The van der Waals surface area contributed by atoms with Crippen LogP contribution >= 0.6 is 0 Å².